The minimum atomic E-state index is -3.37. The Morgan fingerprint density at radius 1 is 0.685 bits per heavy atom. The third-order valence-corrected chi connectivity index (χ3v) is 12.9. The lowest BCUT2D eigenvalue weighted by molar-refractivity contribution is 0.584. The van der Waals surface area contributed by atoms with Gasteiger partial charge in [-0.1, -0.05) is 66.7 Å². The SMILES string of the molecule is CCCS(=O)(=O)Cc1cccc(-c2nc(C(C)(C)C)sc2-c2ccnc(C)n2)c1F.Cc1nccc(-c2sc(C(C)(C)C)nc2-c2cccc(N)c2F)n1. The van der Waals surface area contributed by atoms with Gasteiger partial charge in [-0.15, -0.1) is 22.7 Å². The monoisotopic (exact) mass is 789 g/mol. The van der Waals surface area contributed by atoms with Crippen molar-refractivity contribution in [2.45, 2.75) is 85.3 Å². The molecule has 0 aliphatic rings. The van der Waals surface area contributed by atoms with Gasteiger partial charge in [0.15, 0.2) is 15.7 Å². The van der Waals surface area contributed by atoms with Crippen LogP contribution in [0.15, 0.2) is 60.9 Å². The highest BCUT2D eigenvalue weighted by molar-refractivity contribution is 7.90. The van der Waals surface area contributed by atoms with Gasteiger partial charge in [0.2, 0.25) is 0 Å². The largest absolute Gasteiger partial charge is 0.396 e. The Balaban J connectivity index is 0.000000213. The van der Waals surface area contributed by atoms with Crippen LogP contribution in [0.5, 0.6) is 0 Å². The van der Waals surface area contributed by atoms with Gasteiger partial charge in [0.05, 0.1) is 59.7 Å². The Morgan fingerprint density at radius 3 is 1.59 bits per heavy atom. The van der Waals surface area contributed by atoms with Crippen molar-refractivity contribution in [1.82, 2.24) is 29.9 Å². The summed E-state index contributed by atoms with van der Waals surface area (Å²) < 4.78 is 54.6. The number of benzene rings is 2. The van der Waals surface area contributed by atoms with Gasteiger partial charge < -0.3 is 5.73 Å². The molecule has 4 aromatic heterocycles. The lowest BCUT2D eigenvalue weighted by atomic mass is 9.98. The van der Waals surface area contributed by atoms with E-state index in [1.807, 2.05) is 13.0 Å². The Morgan fingerprint density at radius 2 is 1.15 bits per heavy atom. The van der Waals surface area contributed by atoms with E-state index in [0.29, 0.717) is 40.7 Å². The molecule has 0 aliphatic heterocycles. The molecule has 0 bridgehead atoms. The normalized spacial score (nSPS) is 12.1. The number of nitrogens with two attached hydrogens (primary N) is 1. The first-order valence-electron chi connectivity index (χ1n) is 17.4. The van der Waals surface area contributed by atoms with Crippen molar-refractivity contribution in [3.8, 4) is 43.7 Å². The number of aromatic nitrogens is 6. The second-order valence-electron chi connectivity index (χ2n) is 15.0. The molecule has 9 nitrogen and oxygen atoms in total. The predicted molar refractivity (Wildman–Crippen MR) is 216 cm³/mol. The van der Waals surface area contributed by atoms with Crippen molar-refractivity contribution in [3.63, 3.8) is 0 Å². The summed E-state index contributed by atoms with van der Waals surface area (Å²) in [6, 6.07) is 13.4. The smallest absolute Gasteiger partial charge is 0.155 e. The molecular formula is C40H45F2N7O2S3. The predicted octanol–water partition coefficient (Wildman–Crippen LogP) is 9.93. The zero-order chi connectivity index (χ0) is 39.6. The fourth-order valence-electron chi connectivity index (χ4n) is 5.39. The number of halogens is 2. The number of hydrogen-bond donors (Lipinski definition) is 1. The van der Waals surface area contributed by atoms with E-state index in [0.717, 1.165) is 25.5 Å². The number of nitrogen functional groups attached to an aromatic ring is 1. The quantitative estimate of drug-likeness (QED) is 0.149. The van der Waals surface area contributed by atoms with Crippen molar-refractivity contribution < 1.29 is 17.2 Å². The molecule has 2 aromatic carbocycles. The lowest BCUT2D eigenvalue weighted by Crippen LogP contribution is -2.11. The summed E-state index contributed by atoms with van der Waals surface area (Å²) in [5, 5.41) is 1.78. The Bertz CT molecular complexity index is 2400. The molecule has 0 spiro atoms. The van der Waals surface area contributed by atoms with Gasteiger partial charge in [0.25, 0.3) is 0 Å². The van der Waals surface area contributed by atoms with Gasteiger partial charge in [-0.25, -0.2) is 47.1 Å². The number of hydrogen-bond acceptors (Lipinski definition) is 11. The summed E-state index contributed by atoms with van der Waals surface area (Å²) in [4.78, 5) is 28.3. The highest BCUT2D eigenvalue weighted by atomic mass is 32.2. The van der Waals surface area contributed by atoms with Crippen LogP contribution in [0, 0.1) is 25.5 Å². The summed E-state index contributed by atoms with van der Waals surface area (Å²) >= 11 is 3.00. The van der Waals surface area contributed by atoms with Crippen LogP contribution >= 0.6 is 22.7 Å². The summed E-state index contributed by atoms with van der Waals surface area (Å²) in [6.45, 7) is 17.8. The number of sulfone groups is 1. The van der Waals surface area contributed by atoms with E-state index >= 15 is 4.39 Å². The molecule has 0 unspecified atom stereocenters. The van der Waals surface area contributed by atoms with Crippen molar-refractivity contribution in [2.24, 2.45) is 0 Å². The maximum absolute atomic E-state index is 15.5. The van der Waals surface area contributed by atoms with Crippen LogP contribution in [0.3, 0.4) is 0 Å². The fourth-order valence-corrected chi connectivity index (χ4v) is 9.06. The molecule has 2 N–H and O–H groups in total. The van der Waals surface area contributed by atoms with E-state index in [9.17, 15) is 12.8 Å². The highest BCUT2D eigenvalue weighted by Crippen LogP contribution is 2.43. The maximum Gasteiger partial charge on any atom is 0.155 e. The third-order valence-electron chi connectivity index (χ3n) is 8.06. The minimum Gasteiger partial charge on any atom is -0.396 e. The van der Waals surface area contributed by atoms with Crippen LogP contribution in [-0.2, 0) is 26.4 Å². The minimum absolute atomic E-state index is 0.0347. The van der Waals surface area contributed by atoms with Gasteiger partial charge >= 0.3 is 0 Å². The topological polar surface area (TPSA) is 138 Å². The average Bonchev–Trinajstić information content (AvgIpc) is 3.74. The van der Waals surface area contributed by atoms with Crippen molar-refractivity contribution in [1.29, 1.82) is 0 Å². The van der Waals surface area contributed by atoms with Crippen LogP contribution in [0.4, 0.5) is 14.5 Å². The molecule has 6 aromatic rings. The Kier molecular flexibility index (Phi) is 12.1. The molecule has 284 valence electrons. The van der Waals surface area contributed by atoms with Crippen molar-refractivity contribution >= 4 is 38.2 Å². The van der Waals surface area contributed by atoms with Crippen LogP contribution < -0.4 is 5.73 Å². The molecule has 0 fully saturated rings. The Hall–Kier alpha value is -4.53. The standard InChI is InChI=1S/C22H26FN3O2S2.C18H19FN4S/c1-6-12-30(27,28)13-15-8-7-9-16(18(15)23)19-20(17-10-11-24-14(2)25-17)29-21(26-19)22(3,4)5;1-10-21-9-8-13(22-10)16-15(23-17(24-16)18(2,3)4)11-6-5-7-12(20)14(11)19/h7-11H,6,12-13H2,1-5H3;5-9H,20H2,1-4H3. The van der Waals surface area contributed by atoms with E-state index in [-0.39, 0.29) is 39.1 Å². The number of rotatable bonds is 8. The molecular weight excluding hydrogens is 745 g/mol. The zero-order valence-electron chi connectivity index (χ0n) is 32.0. The first-order chi connectivity index (χ1) is 25.3. The van der Waals surface area contributed by atoms with Gasteiger partial charge in [-0.05, 0) is 50.6 Å². The van der Waals surface area contributed by atoms with Crippen LogP contribution in [0.1, 0.15) is 82.1 Å². The molecule has 54 heavy (non-hydrogen) atoms. The molecule has 6 rings (SSSR count). The van der Waals surface area contributed by atoms with Crippen LogP contribution in [0.2, 0.25) is 0 Å². The molecule has 0 saturated carbocycles. The number of aryl methyl sites for hydroxylation is 2. The third kappa shape index (κ3) is 9.39. The number of nitrogens with zero attached hydrogens (tertiary/aromatic N) is 6. The summed E-state index contributed by atoms with van der Waals surface area (Å²) in [5.74, 6) is -0.00219. The highest BCUT2D eigenvalue weighted by Gasteiger charge is 2.28. The summed E-state index contributed by atoms with van der Waals surface area (Å²) in [5.41, 5.74) is 8.81. The second kappa shape index (κ2) is 16.1. The van der Waals surface area contributed by atoms with E-state index in [1.54, 1.807) is 62.6 Å². The second-order valence-corrected chi connectivity index (χ2v) is 19.1. The first-order valence-corrected chi connectivity index (χ1v) is 20.9. The molecule has 4 heterocycles. The number of thiazole rings is 2. The molecule has 0 saturated heterocycles. The van der Waals surface area contributed by atoms with Gasteiger partial charge in [-0.3, -0.25) is 0 Å². The van der Waals surface area contributed by atoms with E-state index < -0.39 is 21.5 Å². The van der Waals surface area contributed by atoms with Crippen molar-refractivity contribution in [3.05, 3.63) is 99.8 Å². The molecule has 14 heteroatoms. The molecule has 0 atom stereocenters. The molecule has 0 amide bonds. The fraction of sp³-hybridized carbons (Fsp3) is 0.350. The Labute approximate surface area is 324 Å². The van der Waals surface area contributed by atoms with Crippen LogP contribution in [0.25, 0.3) is 43.7 Å². The first kappa shape index (κ1) is 40.7. The summed E-state index contributed by atoms with van der Waals surface area (Å²) in [6.07, 6.45) is 3.87. The number of anilines is 1. The summed E-state index contributed by atoms with van der Waals surface area (Å²) in [7, 11) is -3.37. The zero-order valence-corrected chi connectivity index (χ0v) is 34.4. The average molecular weight is 790 g/mol. The van der Waals surface area contributed by atoms with E-state index in [4.69, 9.17) is 15.7 Å². The van der Waals surface area contributed by atoms with Gasteiger partial charge in [0.1, 0.15) is 17.5 Å². The van der Waals surface area contributed by atoms with Crippen molar-refractivity contribution in [2.75, 3.05) is 11.5 Å². The van der Waals surface area contributed by atoms with Gasteiger partial charge in [-0.2, -0.15) is 0 Å². The lowest BCUT2D eigenvalue weighted by Gasteiger charge is -2.13. The van der Waals surface area contributed by atoms with Gasteiger partial charge in [0, 0.05) is 39.9 Å². The van der Waals surface area contributed by atoms with E-state index in [1.165, 1.54) is 28.7 Å². The van der Waals surface area contributed by atoms with Crippen LogP contribution in [-0.4, -0.2) is 44.1 Å². The maximum atomic E-state index is 15.5. The molecule has 0 radical (unpaired) electrons. The van der Waals surface area contributed by atoms with E-state index in [2.05, 4.69) is 61.5 Å². The molecule has 0 aliphatic carbocycles.